The van der Waals surface area contributed by atoms with Gasteiger partial charge in [-0.25, -0.2) is 0 Å². The van der Waals surface area contributed by atoms with E-state index in [-0.39, 0.29) is 5.41 Å². The van der Waals surface area contributed by atoms with Gasteiger partial charge in [0.25, 0.3) is 0 Å². The zero-order chi connectivity index (χ0) is 12.3. The van der Waals surface area contributed by atoms with Crippen molar-refractivity contribution in [2.24, 2.45) is 0 Å². The Kier molecular flexibility index (Phi) is 3.88. The molecule has 1 saturated heterocycles. The first-order valence-corrected chi connectivity index (χ1v) is 6.87. The van der Waals surface area contributed by atoms with Crippen LogP contribution in [0, 0.1) is 0 Å². The maximum atomic E-state index is 2.59. The van der Waals surface area contributed by atoms with Crippen LogP contribution in [-0.4, -0.2) is 18.0 Å². The first-order chi connectivity index (χ1) is 8.05. The molecule has 1 fully saturated rings. The number of rotatable bonds is 2. The molecule has 0 spiro atoms. The molecule has 0 unspecified atom stereocenters. The summed E-state index contributed by atoms with van der Waals surface area (Å²) in [6.45, 7) is 10.5. The van der Waals surface area contributed by atoms with Crippen LogP contribution in [0.1, 0.15) is 51.2 Å². The molecule has 1 heteroatoms. The van der Waals surface area contributed by atoms with Crippen LogP contribution < -0.4 is 0 Å². The highest BCUT2D eigenvalue weighted by atomic mass is 15.1. The van der Waals surface area contributed by atoms with E-state index in [1.807, 2.05) is 0 Å². The fraction of sp³-hybridized carbons (Fsp3) is 0.625. The third kappa shape index (κ3) is 3.57. The van der Waals surface area contributed by atoms with Crippen molar-refractivity contribution in [1.82, 2.24) is 4.90 Å². The molecule has 0 radical (unpaired) electrons. The minimum Gasteiger partial charge on any atom is -0.299 e. The fourth-order valence-electron chi connectivity index (χ4n) is 2.51. The summed E-state index contributed by atoms with van der Waals surface area (Å²) in [5, 5.41) is 0. The zero-order valence-electron chi connectivity index (χ0n) is 11.5. The largest absolute Gasteiger partial charge is 0.299 e. The van der Waals surface area contributed by atoms with Crippen LogP contribution in [0.15, 0.2) is 24.3 Å². The molecule has 0 N–H and O–H groups in total. The van der Waals surface area contributed by atoms with E-state index < -0.39 is 0 Å². The van der Waals surface area contributed by atoms with Crippen molar-refractivity contribution in [2.75, 3.05) is 13.1 Å². The smallest absolute Gasteiger partial charge is 0.0233 e. The van der Waals surface area contributed by atoms with Gasteiger partial charge in [-0.15, -0.1) is 0 Å². The van der Waals surface area contributed by atoms with Gasteiger partial charge in [-0.3, -0.25) is 4.90 Å². The molecule has 0 atom stereocenters. The van der Waals surface area contributed by atoms with Gasteiger partial charge in [0.15, 0.2) is 0 Å². The van der Waals surface area contributed by atoms with Gasteiger partial charge < -0.3 is 0 Å². The molecule has 1 aromatic rings. The summed E-state index contributed by atoms with van der Waals surface area (Å²) in [4.78, 5) is 2.59. The average molecular weight is 231 g/mol. The van der Waals surface area contributed by atoms with Gasteiger partial charge in [0.2, 0.25) is 0 Å². The van der Waals surface area contributed by atoms with Gasteiger partial charge in [-0.05, 0) is 42.5 Å². The molecule has 0 saturated carbocycles. The van der Waals surface area contributed by atoms with Gasteiger partial charge >= 0.3 is 0 Å². The average Bonchev–Trinajstić information content (AvgIpc) is 2.29. The number of likely N-dealkylation sites (tertiary alicyclic amines) is 1. The Bertz CT molecular complexity index is 356. The molecule has 17 heavy (non-hydrogen) atoms. The van der Waals surface area contributed by atoms with E-state index in [2.05, 4.69) is 49.9 Å². The van der Waals surface area contributed by atoms with Crippen molar-refractivity contribution in [3.8, 4) is 0 Å². The third-order valence-corrected chi connectivity index (χ3v) is 3.65. The summed E-state index contributed by atoms with van der Waals surface area (Å²) < 4.78 is 0. The lowest BCUT2D eigenvalue weighted by Gasteiger charge is -2.27. The highest BCUT2D eigenvalue weighted by Gasteiger charge is 2.15. The highest BCUT2D eigenvalue weighted by molar-refractivity contribution is 5.28. The van der Waals surface area contributed by atoms with Crippen LogP contribution in [0.5, 0.6) is 0 Å². The first-order valence-electron chi connectivity index (χ1n) is 6.87. The molecule has 94 valence electrons. The predicted octanol–water partition coefficient (Wildman–Crippen LogP) is 3.97. The van der Waals surface area contributed by atoms with Crippen molar-refractivity contribution in [3.63, 3.8) is 0 Å². The zero-order valence-corrected chi connectivity index (χ0v) is 11.5. The Morgan fingerprint density at radius 1 is 1.06 bits per heavy atom. The topological polar surface area (TPSA) is 3.24 Å². The highest BCUT2D eigenvalue weighted by Crippen LogP contribution is 2.23. The molecule has 1 aliphatic heterocycles. The molecular formula is C16H25N. The number of hydrogen-bond donors (Lipinski definition) is 0. The van der Waals surface area contributed by atoms with Crippen molar-refractivity contribution in [2.45, 2.75) is 52.0 Å². The third-order valence-electron chi connectivity index (χ3n) is 3.65. The SMILES string of the molecule is CC(C)(C)c1cccc(CN2CCCCC2)c1. The lowest BCUT2D eigenvalue weighted by atomic mass is 9.86. The Labute approximate surface area is 106 Å². The van der Waals surface area contributed by atoms with Crippen LogP contribution in [-0.2, 0) is 12.0 Å². The van der Waals surface area contributed by atoms with Gasteiger partial charge in [0, 0.05) is 6.54 Å². The molecule has 1 heterocycles. The van der Waals surface area contributed by atoms with Crippen LogP contribution in [0.25, 0.3) is 0 Å². The number of piperidine rings is 1. The number of benzene rings is 1. The van der Waals surface area contributed by atoms with Gasteiger partial charge in [0.05, 0.1) is 0 Å². The maximum Gasteiger partial charge on any atom is 0.0233 e. The van der Waals surface area contributed by atoms with E-state index in [0.29, 0.717) is 0 Å². The molecule has 0 amide bonds. The van der Waals surface area contributed by atoms with E-state index in [1.54, 1.807) is 0 Å². The monoisotopic (exact) mass is 231 g/mol. The Morgan fingerprint density at radius 2 is 1.76 bits per heavy atom. The minimum atomic E-state index is 0.262. The molecular weight excluding hydrogens is 206 g/mol. The molecule has 0 bridgehead atoms. The summed E-state index contributed by atoms with van der Waals surface area (Å²) in [5.74, 6) is 0. The minimum absolute atomic E-state index is 0.262. The van der Waals surface area contributed by atoms with E-state index in [1.165, 1.54) is 43.5 Å². The standard InChI is InChI=1S/C16H25N/c1-16(2,3)15-9-7-8-14(12-15)13-17-10-5-4-6-11-17/h7-9,12H,4-6,10-11,13H2,1-3H3. The van der Waals surface area contributed by atoms with Crippen LogP contribution >= 0.6 is 0 Å². The lowest BCUT2D eigenvalue weighted by Crippen LogP contribution is -2.29. The summed E-state index contributed by atoms with van der Waals surface area (Å²) in [6, 6.07) is 9.11. The van der Waals surface area contributed by atoms with Crippen molar-refractivity contribution < 1.29 is 0 Å². The molecule has 1 nitrogen and oxygen atoms in total. The van der Waals surface area contributed by atoms with Crippen LogP contribution in [0.2, 0.25) is 0 Å². The normalized spacial score (nSPS) is 18.3. The van der Waals surface area contributed by atoms with E-state index in [9.17, 15) is 0 Å². The van der Waals surface area contributed by atoms with E-state index in [0.717, 1.165) is 6.54 Å². The molecule has 2 rings (SSSR count). The quantitative estimate of drug-likeness (QED) is 0.744. The Balaban J connectivity index is 2.05. The van der Waals surface area contributed by atoms with Crippen LogP contribution in [0.4, 0.5) is 0 Å². The second kappa shape index (κ2) is 5.22. The van der Waals surface area contributed by atoms with Crippen molar-refractivity contribution in [1.29, 1.82) is 0 Å². The molecule has 1 aliphatic rings. The van der Waals surface area contributed by atoms with Crippen LogP contribution in [0.3, 0.4) is 0 Å². The molecule has 1 aromatic carbocycles. The second-order valence-corrected chi connectivity index (χ2v) is 6.29. The lowest BCUT2D eigenvalue weighted by molar-refractivity contribution is 0.221. The van der Waals surface area contributed by atoms with Gasteiger partial charge in [-0.2, -0.15) is 0 Å². The number of hydrogen-bond acceptors (Lipinski definition) is 1. The number of nitrogens with zero attached hydrogens (tertiary/aromatic N) is 1. The van der Waals surface area contributed by atoms with E-state index in [4.69, 9.17) is 0 Å². The van der Waals surface area contributed by atoms with Crippen molar-refractivity contribution >= 4 is 0 Å². The second-order valence-electron chi connectivity index (χ2n) is 6.29. The summed E-state index contributed by atoms with van der Waals surface area (Å²) in [6.07, 6.45) is 4.16. The molecule has 0 aromatic heterocycles. The van der Waals surface area contributed by atoms with Crippen molar-refractivity contribution in [3.05, 3.63) is 35.4 Å². The Hall–Kier alpha value is -0.820. The predicted molar refractivity (Wildman–Crippen MR) is 74.3 cm³/mol. The van der Waals surface area contributed by atoms with Gasteiger partial charge in [-0.1, -0.05) is 51.5 Å². The maximum absolute atomic E-state index is 2.59. The summed E-state index contributed by atoms with van der Waals surface area (Å²) >= 11 is 0. The van der Waals surface area contributed by atoms with Gasteiger partial charge in [0.1, 0.15) is 0 Å². The van der Waals surface area contributed by atoms with E-state index >= 15 is 0 Å². The summed E-state index contributed by atoms with van der Waals surface area (Å²) in [7, 11) is 0. The fourth-order valence-corrected chi connectivity index (χ4v) is 2.51. The molecule has 0 aliphatic carbocycles. The Morgan fingerprint density at radius 3 is 2.41 bits per heavy atom. The first kappa shape index (κ1) is 12.6. The summed E-state index contributed by atoms with van der Waals surface area (Å²) in [5.41, 5.74) is 3.18.